The van der Waals surface area contributed by atoms with E-state index in [0.717, 1.165) is 22.8 Å². The molecule has 0 aromatic carbocycles. The van der Waals surface area contributed by atoms with Crippen LogP contribution in [0.25, 0.3) is 5.82 Å². The Morgan fingerprint density at radius 2 is 1.90 bits per heavy atom. The molecule has 0 fully saturated rings. The lowest BCUT2D eigenvalue weighted by Gasteiger charge is -2.08. The van der Waals surface area contributed by atoms with E-state index in [1.807, 2.05) is 44.3 Å². The van der Waals surface area contributed by atoms with Gasteiger partial charge in [-0.2, -0.15) is 5.10 Å². The first-order chi connectivity index (χ1) is 10.2. The highest BCUT2D eigenvalue weighted by Crippen LogP contribution is 2.09. The van der Waals surface area contributed by atoms with Crippen LogP contribution in [0.3, 0.4) is 0 Å². The molecule has 0 spiro atoms. The van der Waals surface area contributed by atoms with Gasteiger partial charge in [-0.25, -0.2) is 19.6 Å². The molecule has 0 unspecified atom stereocenters. The zero-order chi connectivity index (χ0) is 14.7. The van der Waals surface area contributed by atoms with Crippen LogP contribution in [0.5, 0.6) is 0 Å². The lowest BCUT2D eigenvalue weighted by atomic mass is 10.2. The fraction of sp³-hybridized carbons (Fsp3) is 0.200. The van der Waals surface area contributed by atoms with Crippen LogP contribution in [0.15, 0.2) is 42.9 Å². The van der Waals surface area contributed by atoms with Crippen molar-refractivity contribution >= 4 is 5.95 Å². The molecule has 1 N–H and O–H groups in total. The molecule has 106 valence electrons. The molecule has 21 heavy (non-hydrogen) atoms. The smallest absolute Gasteiger partial charge is 0.223 e. The van der Waals surface area contributed by atoms with Gasteiger partial charge in [-0.1, -0.05) is 0 Å². The third kappa shape index (κ3) is 3.22. The van der Waals surface area contributed by atoms with E-state index in [1.165, 1.54) is 0 Å². The number of nitrogens with zero attached hydrogens (tertiary/aromatic N) is 5. The van der Waals surface area contributed by atoms with Crippen molar-refractivity contribution in [2.45, 2.75) is 20.4 Å². The highest BCUT2D eigenvalue weighted by molar-refractivity contribution is 5.32. The second-order valence-electron chi connectivity index (χ2n) is 4.80. The van der Waals surface area contributed by atoms with Gasteiger partial charge in [0.15, 0.2) is 5.82 Å². The minimum Gasteiger partial charge on any atom is -0.350 e. The summed E-state index contributed by atoms with van der Waals surface area (Å²) in [6, 6.07) is 7.77. The van der Waals surface area contributed by atoms with Gasteiger partial charge in [-0.15, -0.1) is 0 Å². The molecule has 6 nitrogen and oxygen atoms in total. The number of nitrogens with one attached hydrogen (secondary N) is 1. The van der Waals surface area contributed by atoms with Crippen LogP contribution in [0.4, 0.5) is 5.95 Å². The van der Waals surface area contributed by atoms with E-state index < -0.39 is 0 Å². The van der Waals surface area contributed by atoms with Crippen molar-refractivity contribution in [1.82, 2.24) is 24.7 Å². The second kappa shape index (κ2) is 5.70. The third-order valence-corrected chi connectivity index (χ3v) is 2.98. The minimum absolute atomic E-state index is 0.639. The average molecular weight is 280 g/mol. The van der Waals surface area contributed by atoms with Crippen molar-refractivity contribution in [1.29, 1.82) is 0 Å². The molecule has 3 aromatic rings. The Kier molecular flexibility index (Phi) is 3.59. The first-order valence-electron chi connectivity index (χ1n) is 6.72. The summed E-state index contributed by atoms with van der Waals surface area (Å²) in [4.78, 5) is 13.0. The Balaban J connectivity index is 1.75. The van der Waals surface area contributed by atoms with Crippen molar-refractivity contribution in [3.63, 3.8) is 0 Å². The standard InChI is InChI=1S/C15H16N6/c1-11-8-12(2)20-15(19-11)17-10-13-4-6-16-14(9-13)21-7-3-5-18-21/h3-9H,10H2,1-2H3,(H,17,19,20). The van der Waals surface area contributed by atoms with Crippen LogP contribution in [0, 0.1) is 13.8 Å². The maximum Gasteiger partial charge on any atom is 0.223 e. The number of anilines is 1. The number of pyridine rings is 1. The maximum absolute atomic E-state index is 4.37. The van der Waals surface area contributed by atoms with Crippen LogP contribution >= 0.6 is 0 Å². The fourth-order valence-electron chi connectivity index (χ4n) is 2.09. The fourth-order valence-corrected chi connectivity index (χ4v) is 2.09. The van der Waals surface area contributed by atoms with Gasteiger partial charge >= 0.3 is 0 Å². The zero-order valence-corrected chi connectivity index (χ0v) is 12.0. The minimum atomic E-state index is 0.639. The largest absolute Gasteiger partial charge is 0.350 e. The summed E-state index contributed by atoms with van der Waals surface area (Å²) < 4.78 is 1.73. The Morgan fingerprint density at radius 1 is 1.10 bits per heavy atom. The summed E-state index contributed by atoms with van der Waals surface area (Å²) in [5.74, 6) is 1.44. The molecule has 0 aliphatic carbocycles. The Bertz CT molecular complexity index is 715. The summed E-state index contributed by atoms with van der Waals surface area (Å²) in [6.07, 6.45) is 5.37. The molecule has 0 aliphatic rings. The molecule has 3 heterocycles. The van der Waals surface area contributed by atoms with Gasteiger partial charge in [0.25, 0.3) is 0 Å². The van der Waals surface area contributed by atoms with Crippen LogP contribution < -0.4 is 5.32 Å². The Hall–Kier alpha value is -2.76. The number of rotatable bonds is 4. The average Bonchev–Trinajstić information content (AvgIpc) is 2.99. The first kappa shape index (κ1) is 13.2. The molecule has 3 rings (SSSR count). The molecule has 0 saturated carbocycles. The molecule has 0 atom stereocenters. The van der Waals surface area contributed by atoms with E-state index in [9.17, 15) is 0 Å². The maximum atomic E-state index is 4.37. The van der Waals surface area contributed by atoms with Crippen LogP contribution in [-0.4, -0.2) is 24.7 Å². The van der Waals surface area contributed by atoms with E-state index in [1.54, 1.807) is 17.1 Å². The molecular formula is C15H16N6. The normalized spacial score (nSPS) is 10.6. The topological polar surface area (TPSA) is 68.5 Å². The molecule has 0 aliphatic heterocycles. The van der Waals surface area contributed by atoms with Gasteiger partial charge in [0.1, 0.15) is 0 Å². The SMILES string of the molecule is Cc1cc(C)nc(NCc2ccnc(-n3cccn3)c2)n1. The summed E-state index contributed by atoms with van der Waals surface area (Å²) in [7, 11) is 0. The van der Waals surface area contributed by atoms with Crippen LogP contribution in [-0.2, 0) is 6.54 Å². The quantitative estimate of drug-likeness (QED) is 0.794. The lowest BCUT2D eigenvalue weighted by Crippen LogP contribution is -2.06. The molecule has 0 amide bonds. The summed E-state index contributed by atoms with van der Waals surface area (Å²) in [5, 5.41) is 7.41. The van der Waals surface area contributed by atoms with Gasteiger partial charge < -0.3 is 5.32 Å². The van der Waals surface area contributed by atoms with Crippen molar-refractivity contribution in [3.05, 3.63) is 59.8 Å². The van der Waals surface area contributed by atoms with E-state index in [4.69, 9.17) is 0 Å². The number of hydrogen-bond donors (Lipinski definition) is 1. The first-order valence-corrected chi connectivity index (χ1v) is 6.72. The van der Waals surface area contributed by atoms with Crippen molar-refractivity contribution in [3.8, 4) is 5.82 Å². The summed E-state index contributed by atoms with van der Waals surface area (Å²) in [5.41, 5.74) is 3.01. The Labute approximate surface area is 122 Å². The predicted octanol–water partition coefficient (Wildman–Crippen LogP) is 2.29. The van der Waals surface area contributed by atoms with Gasteiger partial charge in [0.05, 0.1) is 0 Å². The summed E-state index contributed by atoms with van der Waals surface area (Å²) >= 11 is 0. The van der Waals surface area contributed by atoms with E-state index >= 15 is 0 Å². The number of aryl methyl sites for hydroxylation is 2. The van der Waals surface area contributed by atoms with Gasteiger partial charge in [0, 0.05) is 36.5 Å². The molecular weight excluding hydrogens is 264 g/mol. The number of aromatic nitrogens is 5. The van der Waals surface area contributed by atoms with Crippen molar-refractivity contribution in [2.24, 2.45) is 0 Å². The van der Waals surface area contributed by atoms with Gasteiger partial charge in [0.2, 0.25) is 5.95 Å². The van der Waals surface area contributed by atoms with Crippen molar-refractivity contribution in [2.75, 3.05) is 5.32 Å². The Morgan fingerprint density at radius 3 is 2.62 bits per heavy atom. The zero-order valence-electron chi connectivity index (χ0n) is 12.0. The van der Waals surface area contributed by atoms with Crippen LogP contribution in [0.2, 0.25) is 0 Å². The lowest BCUT2D eigenvalue weighted by molar-refractivity contribution is 0.842. The number of hydrogen-bond acceptors (Lipinski definition) is 5. The highest BCUT2D eigenvalue weighted by atomic mass is 15.3. The van der Waals surface area contributed by atoms with E-state index in [-0.39, 0.29) is 0 Å². The third-order valence-electron chi connectivity index (χ3n) is 2.98. The van der Waals surface area contributed by atoms with E-state index in [2.05, 4.69) is 25.4 Å². The van der Waals surface area contributed by atoms with Gasteiger partial charge in [-0.05, 0) is 43.7 Å². The van der Waals surface area contributed by atoms with Gasteiger partial charge in [-0.3, -0.25) is 0 Å². The van der Waals surface area contributed by atoms with E-state index in [0.29, 0.717) is 12.5 Å². The van der Waals surface area contributed by atoms with Crippen molar-refractivity contribution < 1.29 is 0 Å². The van der Waals surface area contributed by atoms with Crippen LogP contribution in [0.1, 0.15) is 17.0 Å². The molecule has 0 radical (unpaired) electrons. The monoisotopic (exact) mass is 280 g/mol. The highest BCUT2D eigenvalue weighted by Gasteiger charge is 2.02. The second-order valence-corrected chi connectivity index (χ2v) is 4.80. The predicted molar refractivity (Wildman–Crippen MR) is 80.2 cm³/mol. The molecule has 6 heteroatoms. The molecule has 0 saturated heterocycles. The molecule has 0 bridgehead atoms. The summed E-state index contributed by atoms with van der Waals surface area (Å²) in [6.45, 7) is 4.56. The molecule has 3 aromatic heterocycles.